The molecular formula is C14H20FN3O7. The van der Waals surface area contributed by atoms with E-state index >= 15 is 0 Å². The van der Waals surface area contributed by atoms with Gasteiger partial charge in [-0.3, -0.25) is 4.57 Å². The van der Waals surface area contributed by atoms with E-state index in [4.69, 9.17) is 9.84 Å². The highest BCUT2D eigenvalue weighted by Crippen LogP contribution is 2.28. The highest BCUT2D eigenvalue weighted by Gasteiger charge is 2.43. The lowest BCUT2D eigenvalue weighted by molar-refractivity contribution is -0.151. The Kier molecular flexibility index (Phi) is 5.72. The van der Waals surface area contributed by atoms with E-state index in [9.17, 15) is 24.2 Å². The Labute approximate surface area is 141 Å². The lowest BCUT2D eigenvalue weighted by atomic mass is 9.96. The maximum Gasteiger partial charge on any atom is 0.351 e. The number of rotatable bonds is 6. The second-order valence-electron chi connectivity index (χ2n) is 6.24. The van der Waals surface area contributed by atoms with Crippen LogP contribution in [-0.4, -0.2) is 62.4 Å². The molecule has 0 bridgehead atoms. The van der Waals surface area contributed by atoms with Gasteiger partial charge in [0.25, 0.3) is 0 Å². The molecule has 25 heavy (non-hydrogen) atoms. The van der Waals surface area contributed by atoms with Crippen molar-refractivity contribution in [2.24, 2.45) is 5.41 Å². The first-order valence-corrected chi connectivity index (χ1v) is 7.46. The zero-order valence-corrected chi connectivity index (χ0v) is 13.6. The van der Waals surface area contributed by atoms with Gasteiger partial charge in [-0.1, -0.05) is 0 Å². The Hall–Kier alpha value is -2.08. The van der Waals surface area contributed by atoms with Crippen molar-refractivity contribution in [3.05, 3.63) is 22.7 Å². The van der Waals surface area contributed by atoms with E-state index in [0.29, 0.717) is 0 Å². The van der Waals surface area contributed by atoms with Crippen molar-refractivity contribution in [2.75, 3.05) is 18.8 Å². The molecule has 1 aliphatic heterocycles. The minimum Gasteiger partial charge on any atom is -0.394 e. The molecule has 140 valence electrons. The summed E-state index contributed by atoms with van der Waals surface area (Å²) in [6, 6.07) is 1.26. The quantitative estimate of drug-likeness (QED) is 0.456. The summed E-state index contributed by atoms with van der Waals surface area (Å²) in [4.78, 5) is 32.0. The van der Waals surface area contributed by atoms with Gasteiger partial charge in [0.2, 0.25) is 0 Å². The molecule has 2 heterocycles. The monoisotopic (exact) mass is 361 g/mol. The number of hydrogen-bond donors (Lipinski definition) is 4. The molecule has 0 unspecified atom stereocenters. The fourth-order valence-corrected chi connectivity index (χ4v) is 2.06. The Morgan fingerprint density at radius 3 is 2.68 bits per heavy atom. The highest BCUT2D eigenvalue weighted by molar-refractivity contribution is 5.76. The molecular weight excluding hydrogens is 341 g/mol. The van der Waals surface area contributed by atoms with Crippen LogP contribution in [0.4, 0.5) is 10.2 Å². The topological polar surface area (TPSA) is 143 Å². The summed E-state index contributed by atoms with van der Waals surface area (Å²) in [5.41, 5.74) is -0.0584. The number of nitrogens with zero attached hydrogens (tertiary/aromatic N) is 2. The molecule has 1 saturated heterocycles. The third-order valence-electron chi connectivity index (χ3n) is 3.76. The molecule has 4 atom stereocenters. The molecule has 1 fully saturated rings. The van der Waals surface area contributed by atoms with Gasteiger partial charge < -0.3 is 24.9 Å². The van der Waals surface area contributed by atoms with Crippen LogP contribution in [0.1, 0.15) is 20.1 Å². The minimum atomic E-state index is -1.43. The van der Waals surface area contributed by atoms with E-state index in [1.165, 1.54) is 26.1 Å². The van der Waals surface area contributed by atoms with Crippen molar-refractivity contribution < 1.29 is 34.1 Å². The van der Waals surface area contributed by atoms with Gasteiger partial charge in [-0.25, -0.2) is 19.5 Å². The molecule has 10 nitrogen and oxygen atoms in total. The van der Waals surface area contributed by atoms with Crippen LogP contribution in [0.25, 0.3) is 0 Å². The smallest absolute Gasteiger partial charge is 0.351 e. The summed E-state index contributed by atoms with van der Waals surface area (Å²) in [6.07, 6.45) is -3.85. The molecule has 4 N–H and O–H groups in total. The molecule has 0 radical (unpaired) electrons. The fourth-order valence-electron chi connectivity index (χ4n) is 2.06. The first-order chi connectivity index (χ1) is 11.7. The highest BCUT2D eigenvalue weighted by atomic mass is 19.1. The minimum absolute atomic E-state index is 0.115. The largest absolute Gasteiger partial charge is 0.394 e. The third kappa shape index (κ3) is 3.95. The van der Waals surface area contributed by atoms with Crippen LogP contribution in [0.3, 0.4) is 0 Å². The third-order valence-corrected chi connectivity index (χ3v) is 3.76. The number of aromatic nitrogens is 2. The molecule has 2 rings (SSSR count). The molecule has 11 heteroatoms. The number of carbonyl (C=O) groups is 1. The van der Waals surface area contributed by atoms with Gasteiger partial charge >= 0.3 is 11.7 Å². The number of aliphatic hydroxyl groups excluding tert-OH is 3. The SMILES string of the molecule is CC(C)(CF)C(=O)ONc1ccn([C@@H]2O[C@H](CO)[C@@H](O)[C@H]2O)c(=O)n1. The molecule has 0 aromatic carbocycles. The van der Waals surface area contributed by atoms with Crippen LogP contribution < -0.4 is 11.2 Å². The average molecular weight is 361 g/mol. The first-order valence-electron chi connectivity index (χ1n) is 7.46. The van der Waals surface area contributed by atoms with Crippen molar-refractivity contribution in [3.63, 3.8) is 0 Å². The van der Waals surface area contributed by atoms with E-state index in [-0.39, 0.29) is 5.82 Å². The van der Waals surface area contributed by atoms with E-state index < -0.39 is 54.9 Å². The summed E-state index contributed by atoms with van der Waals surface area (Å²) in [7, 11) is 0. The maximum absolute atomic E-state index is 12.7. The van der Waals surface area contributed by atoms with Crippen LogP contribution in [0, 0.1) is 5.41 Å². The number of nitrogens with one attached hydrogen (secondary N) is 1. The zero-order valence-electron chi connectivity index (χ0n) is 13.6. The van der Waals surface area contributed by atoms with Gasteiger partial charge in [0.1, 0.15) is 25.0 Å². The number of carbonyl (C=O) groups excluding carboxylic acids is 1. The summed E-state index contributed by atoms with van der Waals surface area (Å²) in [5, 5.41) is 28.7. The van der Waals surface area contributed by atoms with E-state index in [2.05, 4.69) is 15.3 Å². The zero-order chi connectivity index (χ0) is 18.8. The van der Waals surface area contributed by atoms with E-state index in [1.807, 2.05) is 0 Å². The van der Waals surface area contributed by atoms with Crippen LogP contribution >= 0.6 is 0 Å². The molecule has 0 saturated carbocycles. The van der Waals surface area contributed by atoms with Crippen molar-refractivity contribution in [2.45, 2.75) is 38.4 Å². The van der Waals surface area contributed by atoms with Crippen molar-refractivity contribution in [3.8, 4) is 0 Å². The summed E-state index contributed by atoms with van der Waals surface area (Å²) >= 11 is 0. The van der Waals surface area contributed by atoms with Crippen LogP contribution in [0.2, 0.25) is 0 Å². The fraction of sp³-hybridized carbons (Fsp3) is 0.643. The normalized spacial score (nSPS) is 26.5. The predicted molar refractivity (Wildman–Crippen MR) is 81.0 cm³/mol. The van der Waals surface area contributed by atoms with Gasteiger partial charge in [0, 0.05) is 12.3 Å². The molecule has 1 aromatic rings. The van der Waals surface area contributed by atoms with E-state index in [1.54, 1.807) is 0 Å². The summed E-state index contributed by atoms with van der Waals surface area (Å²) in [6.45, 7) is 1.25. The Balaban J connectivity index is 2.09. The molecule has 0 amide bonds. The lowest BCUT2D eigenvalue weighted by Gasteiger charge is -2.19. The Morgan fingerprint density at radius 1 is 1.48 bits per heavy atom. The first kappa shape index (κ1) is 19.2. The van der Waals surface area contributed by atoms with Crippen molar-refractivity contribution >= 4 is 11.8 Å². The second-order valence-corrected chi connectivity index (χ2v) is 6.24. The molecule has 1 aliphatic rings. The number of halogens is 1. The number of anilines is 1. The number of hydrogen-bond acceptors (Lipinski definition) is 9. The maximum atomic E-state index is 12.7. The van der Waals surface area contributed by atoms with Crippen molar-refractivity contribution in [1.29, 1.82) is 0 Å². The van der Waals surface area contributed by atoms with Crippen LogP contribution in [0.15, 0.2) is 17.1 Å². The lowest BCUT2D eigenvalue weighted by Crippen LogP contribution is -2.36. The second kappa shape index (κ2) is 7.44. The predicted octanol–water partition coefficient (Wildman–Crippen LogP) is -1.28. The van der Waals surface area contributed by atoms with Gasteiger partial charge in [-0.2, -0.15) is 4.98 Å². The Bertz CT molecular complexity index is 681. The molecule has 0 spiro atoms. The van der Waals surface area contributed by atoms with Gasteiger partial charge in [-0.05, 0) is 13.8 Å². The number of ether oxygens (including phenoxy) is 1. The molecule has 1 aromatic heterocycles. The molecule has 0 aliphatic carbocycles. The summed E-state index contributed by atoms with van der Waals surface area (Å²) in [5.74, 6) is -0.986. The van der Waals surface area contributed by atoms with Gasteiger partial charge in [0.15, 0.2) is 12.0 Å². The number of alkyl halides is 1. The van der Waals surface area contributed by atoms with Crippen LogP contribution in [-0.2, 0) is 14.4 Å². The standard InChI is InChI=1S/C14H20FN3O7/c1-14(2,6-15)12(22)25-17-8-3-4-18(13(23)16-8)11-10(21)9(20)7(5-19)24-11/h3-4,7,9-11,19-21H,5-6H2,1-2H3,(H,16,17,23)/t7-,9-,10-,11-/m1/s1. The van der Waals surface area contributed by atoms with Crippen molar-refractivity contribution in [1.82, 2.24) is 9.55 Å². The van der Waals surface area contributed by atoms with Gasteiger partial charge in [-0.15, -0.1) is 0 Å². The summed E-state index contributed by atoms with van der Waals surface area (Å²) < 4.78 is 18.8. The van der Waals surface area contributed by atoms with Crippen LogP contribution in [0.5, 0.6) is 0 Å². The Morgan fingerprint density at radius 2 is 2.16 bits per heavy atom. The number of aliphatic hydroxyl groups is 3. The average Bonchev–Trinajstić information content (AvgIpc) is 2.87. The van der Waals surface area contributed by atoms with Gasteiger partial charge in [0.05, 0.1) is 12.0 Å². The van der Waals surface area contributed by atoms with E-state index in [0.717, 1.165) is 4.57 Å².